The standard InChI is InChI=1S/C15H13F2NO2S2/c16-11-6-7-12(17)15(10-11)22(19,20)18-8-3-9-21-14-5-2-1-4-13(14)18/h1-2,4-7,10H,3,8-9H2. The molecule has 0 amide bonds. The molecule has 0 unspecified atom stereocenters. The van der Waals surface area contributed by atoms with Crippen molar-refractivity contribution in [2.24, 2.45) is 0 Å². The maximum absolute atomic E-state index is 13.9. The van der Waals surface area contributed by atoms with Gasteiger partial charge in [-0.15, -0.1) is 11.8 Å². The van der Waals surface area contributed by atoms with Crippen molar-refractivity contribution in [3.63, 3.8) is 0 Å². The van der Waals surface area contributed by atoms with Crippen molar-refractivity contribution < 1.29 is 17.2 Å². The highest BCUT2D eigenvalue weighted by Crippen LogP contribution is 2.37. The van der Waals surface area contributed by atoms with E-state index in [0.29, 0.717) is 12.1 Å². The van der Waals surface area contributed by atoms with Gasteiger partial charge in [-0.1, -0.05) is 12.1 Å². The molecule has 0 saturated carbocycles. The van der Waals surface area contributed by atoms with Crippen LogP contribution in [0.3, 0.4) is 0 Å². The van der Waals surface area contributed by atoms with E-state index in [-0.39, 0.29) is 6.54 Å². The molecule has 0 atom stereocenters. The lowest BCUT2D eigenvalue weighted by molar-refractivity contribution is 0.550. The van der Waals surface area contributed by atoms with Gasteiger partial charge in [0.2, 0.25) is 0 Å². The SMILES string of the molecule is O=S(=O)(c1cc(F)ccc1F)N1CCCSc2ccccc21. The average Bonchev–Trinajstić information content (AvgIpc) is 2.72. The largest absolute Gasteiger partial charge is 0.267 e. The number of nitrogens with zero attached hydrogens (tertiary/aromatic N) is 1. The van der Waals surface area contributed by atoms with Crippen molar-refractivity contribution in [1.82, 2.24) is 0 Å². The molecule has 22 heavy (non-hydrogen) atoms. The molecule has 2 aromatic carbocycles. The minimum atomic E-state index is -4.15. The quantitative estimate of drug-likeness (QED) is 0.837. The normalized spacial score (nSPS) is 15.3. The molecule has 1 aliphatic rings. The minimum Gasteiger partial charge on any atom is -0.265 e. The molecule has 3 nitrogen and oxygen atoms in total. The van der Waals surface area contributed by atoms with Crippen LogP contribution in [0, 0.1) is 11.6 Å². The van der Waals surface area contributed by atoms with Gasteiger partial charge in [-0.25, -0.2) is 17.2 Å². The molecule has 2 aromatic rings. The number of hydrogen-bond donors (Lipinski definition) is 0. The Kier molecular flexibility index (Phi) is 4.10. The highest BCUT2D eigenvalue weighted by Gasteiger charge is 2.30. The third-order valence-corrected chi connectivity index (χ3v) is 6.34. The van der Waals surface area contributed by atoms with Crippen LogP contribution in [0.1, 0.15) is 6.42 Å². The van der Waals surface area contributed by atoms with Crippen LogP contribution in [0.5, 0.6) is 0 Å². The Bertz CT molecular complexity index is 809. The second kappa shape index (κ2) is 5.89. The first-order valence-electron chi connectivity index (χ1n) is 6.70. The fourth-order valence-corrected chi connectivity index (χ4v) is 4.99. The fraction of sp³-hybridized carbons (Fsp3) is 0.200. The molecule has 1 heterocycles. The summed E-state index contributed by atoms with van der Waals surface area (Å²) in [6.07, 6.45) is 0.634. The van der Waals surface area contributed by atoms with Gasteiger partial charge in [0, 0.05) is 11.4 Å². The second-order valence-electron chi connectivity index (χ2n) is 4.82. The zero-order valence-electron chi connectivity index (χ0n) is 11.5. The van der Waals surface area contributed by atoms with Crippen LogP contribution in [0.15, 0.2) is 52.3 Å². The van der Waals surface area contributed by atoms with E-state index in [1.165, 1.54) is 4.31 Å². The van der Waals surface area contributed by atoms with Gasteiger partial charge < -0.3 is 0 Å². The lowest BCUT2D eigenvalue weighted by Crippen LogP contribution is -2.32. The Morgan fingerprint density at radius 3 is 2.68 bits per heavy atom. The summed E-state index contributed by atoms with van der Waals surface area (Å²) in [6.45, 7) is 0.238. The van der Waals surface area contributed by atoms with Gasteiger partial charge in [0.25, 0.3) is 10.0 Å². The predicted molar refractivity (Wildman–Crippen MR) is 82.7 cm³/mol. The molecule has 7 heteroatoms. The van der Waals surface area contributed by atoms with Crippen molar-refractivity contribution in [3.05, 3.63) is 54.1 Å². The Balaban J connectivity index is 2.15. The molecular weight excluding hydrogens is 328 g/mol. The van der Waals surface area contributed by atoms with Crippen LogP contribution in [-0.2, 0) is 10.0 Å². The summed E-state index contributed by atoms with van der Waals surface area (Å²) >= 11 is 1.56. The van der Waals surface area contributed by atoms with Crippen molar-refractivity contribution in [1.29, 1.82) is 0 Å². The maximum atomic E-state index is 13.9. The summed E-state index contributed by atoms with van der Waals surface area (Å²) in [5, 5.41) is 0. The Morgan fingerprint density at radius 2 is 1.86 bits per heavy atom. The zero-order valence-corrected chi connectivity index (χ0v) is 13.1. The number of hydrogen-bond acceptors (Lipinski definition) is 3. The maximum Gasteiger partial charge on any atom is 0.267 e. The van der Waals surface area contributed by atoms with Crippen molar-refractivity contribution in [2.45, 2.75) is 16.2 Å². The van der Waals surface area contributed by atoms with E-state index < -0.39 is 26.6 Å². The molecule has 0 aromatic heterocycles. The first kappa shape index (κ1) is 15.3. The number of thioether (sulfide) groups is 1. The number of halogens is 2. The fourth-order valence-electron chi connectivity index (χ4n) is 2.34. The van der Waals surface area contributed by atoms with Gasteiger partial charge in [0.1, 0.15) is 16.5 Å². The van der Waals surface area contributed by atoms with E-state index in [1.807, 2.05) is 12.1 Å². The molecule has 1 aliphatic heterocycles. The number of sulfonamides is 1. The summed E-state index contributed by atoms with van der Waals surface area (Å²) in [5.41, 5.74) is 0.508. The molecule has 0 radical (unpaired) electrons. The summed E-state index contributed by atoms with van der Waals surface area (Å²) < 4.78 is 54.0. The summed E-state index contributed by atoms with van der Waals surface area (Å²) in [5.74, 6) is -0.956. The average molecular weight is 341 g/mol. The third kappa shape index (κ3) is 2.70. The van der Waals surface area contributed by atoms with E-state index >= 15 is 0 Å². The minimum absolute atomic E-state index is 0.238. The molecular formula is C15H13F2NO2S2. The number of benzene rings is 2. The first-order chi connectivity index (χ1) is 10.5. The van der Waals surface area contributed by atoms with Crippen LogP contribution in [0.4, 0.5) is 14.5 Å². The van der Waals surface area contributed by atoms with E-state index in [0.717, 1.165) is 28.8 Å². The highest BCUT2D eigenvalue weighted by molar-refractivity contribution is 7.99. The summed E-state index contributed by atoms with van der Waals surface area (Å²) in [7, 11) is -4.15. The summed E-state index contributed by atoms with van der Waals surface area (Å²) in [6, 6.07) is 9.53. The van der Waals surface area contributed by atoms with Crippen LogP contribution >= 0.6 is 11.8 Å². The van der Waals surface area contributed by atoms with Gasteiger partial charge in [-0.3, -0.25) is 4.31 Å². The van der Waals surface area contributed by atoms with Crippen molar-refractivity contribution in [3.8, 4) is 0 Å². The molecule has 116 valence electrons. The van der Waals surface area contributed by atoms with Gasteiger partial charge >= 0.3 is 0 Å². The number of rotatable bonds is 2. The van der Waals surface area contributed by atoms with Crippen LogP contribution in [0.25, 0.3) is 0 Å². The van der Waals surface area contributed by atoms with Crippen LogP contribution < -0.4 is 4.31 Å². The highest BCUT2D eigenvalue weighted by atomic mass is 32.2. The molecule has 0 spiro atoms. The molecule has 3 rings (SSSR count). The smallest absolute Gasteiger partial charge is 0.265 e. The lowest BCUT2D eigenvalue weighted by Gasteiger charge is -2.24. The Morgan fingerprint density at radius 1 is 1.09 bits per heavy atom. The van der Waals surface area contributed by atoms with E-state index in [2.05, 4.69) is 0 Å². The van der Waals surface area contributed by atoms with Gasteiger partial charge in [0.05, 0.1) is 5.69 Å². The second-order valence-corrected chi connectivity index (χ2v) is 7.79. The molecule has 0 saturated heterocycles. The molecule has 0 aliphatic carbocycles. The first-order valence-corrected chi connectivity index (χ1v) is 9.12. The number of anilines is 1. The van der Waals surface area contributed by atoms with Gasteiger partial charge in [-0.2, -0.15) is 0 Å². The predicted octanol–water partition coefficient (Wildman–Crippen LogP) is 3.66. The van der Waals surface area contributed by atoms with Crippen LogP contribution in [0.2, 0.25) is 0 Å². The van der Waals surface area contributed by atoms with E-state index in [1.54, 1.807) is 23.9 Å². The Labute approximate surface area is 132 Å². The number of para-hydroxylation sites is 1. The molecule has 0 N–H and O–H groups in total. The molecule has 0 fully saturated rings. The topological polar surface area (TPSA) is 37.4 Å². The zero-order chi connectivity index (χ0) is 15.7. The number of fused-ring (bicyclic) bond motifs is 1. The monoisotopic (exact) mass is 341 g/mol. The van der Waals surface area contributed by atoms with Crippen molar-refractivity contribution in [2.75, 3.05) is 16.6 Å². The lowest BCUT2D eigenvalue weighted by atomic mass is 10.3. The van der Waals surface area contributed by atoms with Crippen LogP contribution in [-0.4, -0.2) is 20.7 Å². The van der Waals surface area contributed by atoms with Crippen molar-refractivity contribution >= 4 is 27.5 Å². The van der Waals surface area contributed by atoms with Gasteiger partial charge in [-0.05, 0) is 42.5 Å². The van der Waals surface area contributed by atoms with Gasteiger partial charge in [0.15, 0.2) is 0 Å². The van der Waals surface area contributed by atoms with E-state index in [4.69, 9.17) is 0 Å². The molecule has 0 bridgehead atoms. The summed E-state index contributed by atoms with van der Waals surface area (Å²) in [4.78, 5) is 0.189. The Hall–Kier alpha value is -1.60. The van der Waals surface area contributed by atoms with E-state index in [9.17, 15) is 17.2 Å². The third-order valence-electron chi connectivity index (χ3n) is 3.36.